The Kier molecular flexibility index (Phi) is 17.5. The van der Waals surface area contributed by atoms with Gasteiger partial charge in [0, 0.05) is 12.4 Å². The summed E-state index contributed by atoms with van der Waals surface area (Å²) in [5.74, 6) is -2.11. The molecule has 1 saturated heterocycles. The Hall–Kier alpha value is 0.390. The van der Waals surface area contributed by atoms with E-state index in [1.807, 2.05) is 0 Å². The molecule has 0 spiro atoms. The number of carboxylic acid groups (broad SMARTS) is 1. The van der Waals surface area contributed by atoms with Crippen molar-refractivity contribution in [3.63, 3.8) is 0 Å². The number of hydrogen-bond acceptors (Lipinski definition) is 4. The van der Waals surface area contributed by atoms with E-state index in [2.05, 4.69) is 6.92 Å². The van der Waals surface area contributed by atoms with Gasteiger partial charge in [-0.1, -0.05) is 96.8 Å². The summed E-state index contributed by atoms with van der Waals surface area (Å²) in [6.45, 7) is 4.46. The van der Waals surface area contributed by atoms with Crippen molar-refractivity contribution in [1.29, 1.82) is 0 Å². The first-order chi connectivity index (χ1) is 12.6. The van der Waals surface area contributed by atoms with E-state index in [1.54, 1.807) is 6.92 Å². The number of unbranched alkanes of at least 4 members (excludes halogenated alkanes) is 13. The van der Waals surface area contributed by atoms with Crippen LogP contribution >= 0.6 is 0 Å². The van der Waals surface area contributed by atoms with Crippen molar-refractivity contribution in [1.82, 2.24) is 0 Å². The van der Waals surface area contributed by atoms with E-state index < -0.39 is 11.8 Å². The molecule has 0 amide bonds. The molecule has 0 bridgehead atoms. The SMILES string of the molecule is CCCCCCCCCCCCCCCCC1COC(C)(CC(=O)[O-])O1.[Na+]. The molecule has 154 valence electrons. The average Bonchev–Trinajstić information content (AvgIpc) is 2.95. The maximum Gasteiger partial charge on any atom is 1.00 e. The quantitative estimate of drug-likeness (QED) is 0.281. The van der Waals surface area contributed by atoms with Gasteiger partial charge in [-0.3, -0.25) is 0 Å². The summed E-state index contributed by atoms with van der Waals surface area (Å²) >= 11 is 0. The van der Waals surface area contributed by atoms with Gasteiger partial charge in [-0.05, 0) is 13.3 Å². The molecule has 27 heavy (non-hydrogen) atoms. The maximum absolute atomic E-state index is 10.7. The van der Waals surface area contributed by atoms with Gasteiger partial charge < -0.3 is 19.4 Å². The van der Waals surface area contributed by atoms with E-state index in [-0.39, 0.29) is 42.1 Å². The topological polar surface area (TPSA) is 58.6 Å². The zero-order chi connectivity index (χ0) is 19.1. The van der Waals surface area contributed by atoms with Crippen LogP contribution in [0.2, 0.25) is 0 Å². The minimum Gasteiger partial charge on any atom is -0.550 e. The van der Waals surface area contributed by atoms with Crippen molar-refractivity contribution in [2.45, 2.75) is 128 Å². The van der Waals surface area contributed by atoms with Crippen LogP contribution in [0.1, 0.15) is 117 Å². The first kappa shape index (κ1) is 27.4. The molecule has 0 aromatic rings. The molecule has 1 fully saturated rings. The fraction of sp³-hybridized carbons (Fsp3) is 0.955. The molecule has 2 unspecified atom stereocenters. The summed E-state index contributed by atoms with van der Waals surface area (Å²) in [5.41, 5.74) is 0. The van der Waals surface area contributed by atoms with E-state index in [0.717, 1.165) is 12.8 Å². The summed E-state index contributed by atoms with van der Waals surface area (Å²) < 4.78 is 11.2. The number of carbonyl (C=O) groups excluding carboxylic acids is 1. The van der Waals surface area contributed by atoms with Crippen molar-refractivity contribution in [3.8, 4) is 0 Å². The second-order valence-corrected chi connectivity index (χ2v) is 8.12. The fourth-order valence-corrected chi connectivity index (χ4v) is 3.75. The maximum atomic E-state index is 10.7. The molecule has 0 saturated carbocycles. The number of carbonyl (C=O) groups is 1. The third-order valence-electron chi connectivity index (χ3n) is 5.34. The molecular weight excluding hydrogens is 351 g/mol. The van der Waals surface area contributed by atoms with E-state index >= 15 is 0 Å². The summed E-state index contributed by atoms with van der Waals surface area (Å²) in [4.78, 5) is 10.7. The Morgan fingerprint density at radius 2 is 1.33 bits per heavy atom. The summed E-state index contributed by atoms with van der Waals surface area (Å²) in [5, 5.41) is 10.7. The number of carboxylic acids is 1. The van der Waals surface area contributed by atoms with Crippen LogP contribution in [0.5, 0.6) is 0 Å². The fourth-order valence-electron chi connectivity index (χ4n) is 3.75. The van der Waals surface area contributed by atoms with Crippen molar-refractivity contribution in [2.75, 3.05) is 6.61 Å². The first-order valence-corrected chi connectivity index (χ1v) is 11.1. The summed E-state index contributed by atoms with van der Waals surface area (Å²) in [6, 6.07) is 0. The number of hydrogen-bond donors (Lipinski definition) is 0. The number of ether oxygens (including phenoxy) is 2. The van der Waals surface area contributed by atoms with Gasteiger partial charge in [-0.2, -0.15) is 0 Å². The average molecular weight is 393 g/mol. The van der Waals surface area contributed by atoms with E-state index in [4.69, 9.17) is 9.47 Å². The second kappa shape index (κ2) is 17.3. The minimum atomic E-state index is -1.12. The van der Waals surface area contributed by atoms with Crippen LogP contribution in [0, 0.1) is 0 Å². The van der Waals surface area contributed by atoms with Gasteiger partial charge in [-0.15, -0.1) is 0 Å². The normalized spacial score (nSPS) is 21.9. The first-order valence-electron chi connectivity index (χ1n) is 11.1. The zero-order valence-corrected chi connectivity index (χ0v) is 20.2. The molecule has 1 aliphatic rings. The Labute approximate surface area is 189 Å². The second-order valence-electron chi connectivity index (χ2n) is 8.12. The van der Waals surface area contributed by atoms with Gasteiger partial charge in [0.05, 0.1) is 12.7 Å². The molecule has 1 heterocycles. The van der Waals surface area contributed by atoms with E-state index in [9.17, 15) is 9.90 Å². The van der Waals surface area contributed by atoms with Gasteiger partial charge in [-0.25, -0.2) is 0 Å². The predicted molar refractivity (Wildman–Crippen MR) is 104 cm³/mol. The van der Waals surface area contributed by atoms with Crippen molar-refractivity contribution in [2.24, 2.45) is 0 Å². The smallest absolute Gasteiger partial charge is 0.550 e. The van der Waals surface area contributed by atoms with Crippen LogP contribution in [0.15, 0.2) is 0 Å². The summed E-state index contributed by atoms with van der Waals surface area (Å²) in [6.07, 6.45) is 19.8. The number of rotatable bonds is 17. The standard InChI is InChI=1S/C22H42O4.Na/c1-3-4-5-6-7-8-9-10-11-12-13-14-15-16-17-20-19-25-22(2,26-20)18-21(23)24;/h20H,3-19H2,1-2H3,(H,23,24);/q;+1/p-1. The molecule has 1 aliphatic heterocycles. The van der Waals surface area contributed by atoms with Crippen LogP contribution in [0.25, 0.3) is 0 Å². The van der Waals surface area contributed by atoms with Crippen LogP contribution in [0.3, 0.4) is 0 Å². The van der Waals surface area contributed by atoms with Crippen LogP contribution < -0.4 is 34.7 Å². The van der Waals surface area contributed by atoms with Gasteiger partial charge in [0.2, 0.25) is 0 Å². The van der Waals surface area contributed by atoms with Gasteiger partial charge in [0.1, 0.15) is 0 Å². The van der Waals surface area contributed by atoms with E-state index in [1.165, 1.54) is 83.5 Å². The van der Waals surface area contributed by atoms with Crippen molar-refractivity contribution >= 4 is 5.97 Å². The van der Waals surface area contributed by atoms with Crippen molar-refractivity contribution in [3.05, 3.63) is 0 Å². The van der Waals surface area contributed by atoms with E-state index in [0.29, 0.717) is 6.61 Å². The molecular formula is C22H41NaO4. The largest absolute Gasteiger partial charge is 1.00 e. The Morgan fingerprint density at radius 1 is 0.889 bits per heavy atom. The van der Waals surface area contributed by atoms with Gasteiger partial charge in [0.15, 0.2) is 5.79 Å². The molecule has 0 radical (unpaired) electrons. The van der Waals surface area contributed by atoms with Crippen LogP contribution in [-0.4, -0.2) is 24.5 Å². The third-order valence-corrected chi connectivity index (χ3v) is 5.34. The molecule has 0 aromatic heterocycles. The Morgan fingerprint density at radius 3 is 1.78 bits per heavy atom. The Bertz CT molecular complexity index is 364. The van der Waals surface area contributed by atoms with Gasteiger partial charge >= 0.3 is 29.6 Å². The minimum absolute atomic E-state index is 0. The molecule has 2 atom stereocenters. The molecule has 4 nitrogen and oxygen atoms in total. The Balaban J connectivity index is 0.00000676. The predicted octanol–water partition coefficient (Wildman–Crippen LogP) is 2.13. The van der Waals surface area contributed by atoms with Crippen LogP contribution in [-0.2, 0) is 14.3 Å². The number of aliphatic carboxylic acids is 1. The van der Waals surface area contributed by atoms with Crippen LogP contribution in [0.4, 0.5) is 0 Å². The molecule has 0 N–H and O–H groups in total. The molecule has 0 aromatic carbocycles. The monoisotopic (exact) mass is 392 g/mol. The molecule has 0 aliphatic carbocycles. The molecule has 1 rings (SSSR count). The zero-order valence-electron chi connectivity index (χ0n) is 18.2. The molecule has 5 heteroatoms. The van der Waals surface area contributed by atoms with Gasteiger partial charge in [0.25, 0.3) is 0 Å². The summed E-state index contributed by atoms with van der Waals surface area (Å²) in [7, 11) is 0. The van der Waals surface area contributed by atoms with Crippen molar-refractivity contribution < 1.29 is 48.9 Å². The third kappa shape index (κ3) is 15.0.